The van der Waals surface area contributed by atoms with Crippen molar-refractivity contribution in [1.82, 2.24) is 15.2 Å². The zero-order valence-corrected chi connectivity index (χ0v) is 9.81. The Kier molecular flexibility index (Phi) is 2.60. The molecule has 6 nitrogen and oxygen atoms in total. The highest BCUT2D eigenvalue weighted by molar-refractivity contribution is 6.03. The van der Waals surface area contributed by atoms with E-state index in [1.807, 2.05) is 6.07 Å². The second-order valence-electron chi connectivity index (χ2n) is 4.05. The Hall–Kier alpha value is -2.89. The van der Waals surface area contributed by atoms with Crippen LogP contribution in [0.1, 0.15) is 10.5 Å². The number of hydrogen-bond donors (Lipinski definition) is 3. The van der Waals surface area contributed by atoms with Crippen molar-refractivity contribution >= 4 is 22.5 Å². The van der Waals surface area contributed by atoms with Crippen LogP contribution in [-0.4, -0.2) is 21.1 Å². The summed E-state index contributed by atoms with van der Waals surface area (Å²) in [5.41, 5.74) is 1.45. The predicted octanol–water partition coefficient (Wildman–Crippen LogP) is 1.50. The number of rotatable bonds is 2. The molecule has 0 aliphatic rings. The molecule has 1 aromatic carbocycles. The number of aromatic amines is 2. The van der Waals surface area contributed by atoms with Gasteiger partial charge in [0, 0.05) is 17.1 Å². The third-order valence-electron chi connectivity index (χ3n) is 2.71. The van der Waals surface area contributed by atoms with Crippen LogP contribution in [0.3, 0.4) is 0 Å². The van der Waals surface area contributed by atoms with E-state index in [4.69, 9.17) is 0 Å². The minimum absolute atomic E-state index is 0.222. The SMILES string of the molecule is O=C(Nc1ccc2[nH]ncc2c1)c1cccc(=O)[nH]1. The molecule has 3 rings (SSSR count). The van der Waals surface area contributed by atoms with Gasteiger partial charge < -0.3 is 10.3 Å². The fraction of sp³-hybridized carbons (Fsp3) is 0. The number of carbonyl (C=O) groups excluding carboxylic acids is 1. The Labute approximate surface area is 107 Å². The maximum absolute atomic E-state index is 11.9. The van der Waals surface area contributed by atoms with Crippen LogP contribution in [-0.2, 0) is 0 Å². The van der Waals surface area contributed by atoms with Crippen LogP contribution in [0.5, 0.6) is 0 Å². The zero-order valence-electron chi connectivity index (χ0n) is 9.81. The lowest BCUT2D eigenvalue weighted by Gasteiger charge is -2.04. The standard InChI is InChI=1S/C13H10N4O2/c18-12-3-1-2-11(16-12)13(19)15-9-4-5-10-8(6-9)7-14-17-10/h1-7H,(H,14,17)(H,15,19)(H,16,18). The van der Waals surface area contributed by atoms with E-state index in [1.54, 1.807) is 24.4 Å². The molecule has 0 unspecified atom stereocenters. The van der Waals surface area contributed by atoms with E-state index in [9.17, 15) is 9.59 Å². The number of aromatic nitrogens is 3. The van der Waals surface area contributed by atoms with Crippen LogP contribution in [0, 0.1) is 0 Å². The van der Waals surface area contributed by atoms with Gasteiger partial charge in [-0.15, -0.1) is 0 Å². The predicted molar refractivity (Wildman–Crippen MR) is 71.1 cm³/mol. The zero-order chi connectivity index (χ0) is 13.2. The number of anilines is 1. The van der Waals surface area contributed by atoms with Gasteiger partial charge in [0.15, 0.2) is 0 Å². The molecule has 0 atom stereocenters. The molecule has 0 fully saturated rings. The number of nitrogens with zero attached hydrogens (tertiary/aromatic N) is 1. The van der Waals surface area contributed by atoms with Crippen molar-refractivity contribution in [1.29, 1.82) is 0 Å². The number of amides is 1. The minimum Gasteiger partial charge on any atom is -0.321 e. The lowest BCUT2D eigenvalue weighted by Crippen LogP contribution is -2.17. The highest BCUT2D eigenvalue weighted by Gasteiger charge is 2.07. The maximum atomic E-state index is 11.9. The molecule has 0 aliphatic carbocycles. The quantitative estimate of drug-likeness (QED) is 0.647. The topological polar surface area (TPSA) is 90.6 Å². The van der Waals surface area contributed by atoms with E-state index in [2.05, 4.69) is 20.5 Å². The summed E-state index contributed by atoms with van der Waals surface area (Å²) in [5, 5.41) is 10.4. The summed E-state index contributed by atoms with van der Waals surface area (Å²) in [7, 11) is 0. The molecule has 3 aromatic rings. The van der Waals surface area contributed by atoms with Gasteiger partial charge in [0.2, 0.25) is 5.56 Å². The minimum atomic E-state index is -0.361. The van der Waals surface area contributed by atoms with Crippen LogP contribution < -0.4 is 10.9 Å². The molecule has 0 spiro atoms. The highest BCUT2D eigenvalue weighted by atomic mass is 16.2. The molecule has 1 amide bonds. The molecule has 2 aromatic heterocycles. The molecule has 0 aliphatic heterocycles. The van der Waals surface area contributed by atoms with E-state index in [-0.39, 0.29) is 17.2 Å². The summed E-state index contributed by atoms with van der Waals surface area (Å²) in [6.45, 7) is 0. The number of carbonyl (C=O) groups is 1. The van der Waals surface area contributed by atoms with Crippen LogP contribution in [0.25, 0.3) is 10.9 Å². The second kappa shape index (κ2) is 4.41. The number of benzene rings is 1. The average Bonchev–Trinajstić information content (AvgIpc) is 2.86. The summed E-state index contributed by atoms with van der Waals surface area (Å²) >= 11 is 0. The monoisotopic (exact) mass is 254 g/mol. The van der Waals surface area contributed by atoms with Crippen molar-refractivity contribution in [2.24, 2.45) is 0 Å². The number of nitrogens with one attached hydrogen (secondary N) is 3. The Balaban J connectivity index is 1.88. The largest absolute Gasteiger partial charge is 0.321 e. The molecule has 19 heavy (non-hydrogen) atoms. The first-order valence-corrected chi connectivity index (χ1v) is 5.66. The summed E-state index contributed by atoms with van der Waals surface area (Å²) in [5.74, 6) is -0.361. The lowest BCUT2D eigenvalue weighted by molar-refractivity contribution is 0.102. The van der Waals surface area contributed by atoms with Gasteiger partial charge in [-0.1, -0.05) is 6.07 Å². The van der Waals surface area contributed by atoms with E-state index in [1.165, 1.54) is 12.1 Å². The molecule has 2 heterocycles. The smallest absolute Gasteiger partial charge is 0.272 e. The third kappa shape index (κ3) is 2.23. The summed E-state index contributed by atoms with van der Waals surface area (Å²) in [6, 6.07) is 9.83. The molecule has 94 valence electrons. The second-order valence-corrected chi connectivity index (χ2v) is 4.05. The van der Waals surface area contributed by atoms with Gasteiger partial charge >= 0.3 is 0 Å². The van der Waals surface area contributed by atoms with Crippen molar-refractivity contribution in [3.8, 4) is 0 Å². The number of pyridine rings is 1. The number of hydrogen-bond acceptors (Lipinski definition) is 3. The first-order chi connectivity index (χ1) is 9.22. The highest BCUT2D eigenvalue weighted by Crippen LogP contribution is 2.17. The maximum Gasteiger partial charge on any atom is 0.272 e. The molecule has 0 bridgehead atoms. The van der Waals surface area contributed by atoms with Gasteiger partial charge in [-0.2, -0.15) is 5.10 Å². The molecular weight excluding hydrogens is 244 g/mol. The molecule has 6 heteroatoms. The Morgan fingerprint density at radius 1 is 1.21 bits per heavy atom. The van der Waals surface area contributed by atoms with E-state index < -0.39 is 0 Å². The van der Waals surface area contributed by atoms with Crippen molar-refractivity contribution in [2.75, 3.05) is 5.32 Å². The Morgan fingerprint density at radius 2 is 2.11 bits per heavy atom. The van der Waals surface area contributed by atoms with Gasteiger partial charge in [-0.25, -0.2) is 0 Å². The average molecular weight is 254 g/mol. The van der Waals surface area contributed by atoms with Crippen molar-refractivity contribution < 1.29 is 4.79 Å². The summed E-state index contributed by atoms with van der Waals surface area (Å²) in [6.07, 6.45) is 1.68. The summed E-state index contributed by atoms with van der Waals surface area (Å²) in [4.78, 5) is 25.5. The van der Waals surface area contributed by atoms with Gasteiger partial charge in [0.05, 0.1) is 11.7 Å². The Morgan fingerprint density at radius 3 is 2.95 bits per heavy atom. The first kappa shape index (κ1) is 11.2. The fourth-order valence-corrected chi connectivity index (χ4v) is 1.80. The van der Waals surface area contributed by atoms with Crippen LogP contribution in [0.15, 0.2) is 47.4 Å². The summed E-state index contributed by atoms with van der Waals surface area (Å²) < 4.78 is 0. The molecule has 0 saturated carbocycles. The lowest BCUT2D eigenvalue weighted by atomic mass is 10.2. The van der Waals surface area contributed by atoms with Gasteiger partial charge in [0.1, 0.15) is 5.69 Å². The molecule has 0 saturated heterocycles. The molecule has 0 radical (unpaired) electrons. The van der Waals surface area contributed by atoms with Gasteiger partial charge in [-0.05, 0) is 24.3 Å². The van der Waals surface area contributed by atoms with Crippen molar-refractivity contribution in [2.45, 2.75) is 0 Å². The third-order valence-corrected chi connectivity index (χ3v) is 2.71. The van der Waals surface area contributed by atoms with Crippen LogP contribution in [0.4, 0.5) is 5.69 Å². The normalized spacial score (nSPS) is 10.5. The van der Waals surface area contributed by atoms with Crippen molar-refractivity contribution in [3.05, 3.63) is 58.6 Å². The molecule has 3 N–H and O–H groups in total. The van der Waals surface area contributed by atoms with E-state index >= 15 is 0 Å². The fourth-order valence-electron chi connectivity index (χ4n) is 1.80. The van der Waals surface area contributed by atoms with Crippen LogP contribution >= 0.6 is 0 Å². The number of fused-ring (bicyclic) bond motifs is 1. The van der Waals surface area contributed by atoms with Gasteiger partial charge in [-0.3, -0.25) is 14.7 Å². The Bertz CT molecular complexity index is 803. The number of H-pyrrole nitrogens is 2. The van der Waals surface area contributed by atoms with Gasteiger partial charge in [0.25, 0.3) is 5.91 Å². The first-order valence-electron chi connectivity index (χ1n) is 5.66. The van der Waals surface area contributed by atoms with Crippen LogP contribution in [0.2, 0.25) is 0 Å². The van der Waals surface area contributed by atoms with E-state index in [0.29, 0.717) is 5.69 Å². The molecular formula is C13H10N4O2. The van der Waals surface area contributed by atoms with Crippen molar-refractivity contribution in [3.63, 3.8) is 0 Å². The van der Waals surface area contributed by atoms with E-state index in [0.717, 1.165) is 10.9 Å².